The predicted octanol–water partition coefficient (Wildman–Crippen LogP) is 3.84. The van der Waals surface area contributed by atoms with Crippen LogP contribution in [0.4, 0.5) is 0 Å². The summed E-state index contributed by atoms with van der Waals surface area (Å²) >= 11 is 0. The topological polar surface area (TPSA) is 87.0 Å². The van der Waals surface area contributed by atoms with Crippen LogP contribution in [0.1, 0.15) is 11.1 Å². The fourth-order valence-electron chi connectivity index (χ4n) is 2.04. The van der Waals surface area contributed by atoms with Crippen LogP contribution in [-0.2, 0) is 4.79 Å². The highest BCUT2D eigenvalue weighted by molar-refractivity contribution is 6.02. The molecular formula is C20H18O5. The maximum Gasteiger partial charge on any atom is 0.182 e. The summed E-state index contributed by atoms with van der Waals surface area (Å²) in [5.41, 5.74) is 1.31. The van der Waals surface area contributed by atoms with Crippen molar-refractivity contribution in [2.24, 2.45) is 0 Å². The number of phenols is 2. The molecule has 0 unspecified atom stereocenters. The monoisotopic (exact) mass is 338 g/mol. The van der Waals surface area contributed by atoms with Gasteiger partial charge in [-0.1, -0.05) is 30.3 Å². The largest absolute Gasteiger partial charge is 0.508 e. The minimum absolute atomic E-state index is 0.228. The van der Waals surface area contributed by atoms with Gasteiger partial charge in [-0.05, 0) is 42.0 Å². The summed E-state index contributed by atoms with van der Waals surface area (Å²) in [4.78, 5) is 11.9. The van der Waals surface area contributed by atoms with E-state index < -0.39 is 0 Å². The van der Waals surface area contributed by atoms with Gasteiger partial charge < -0.3 is 20.1 Å². The molecule has 0 bridgehead atoms. The Balaban J connectivity index is 2.05. The van der Waals surface area contributed by atoms with Crippen LogP contribution >= 0.6 is 0 Å². The number of aliphatic hydroxyl groups is 1. The molecule has 128 valence electrons. The van der Waals surface area contributed by atoms with Crippen molar-refractivity contribution in [3.63, 3.8) is 0 Å². The number of phenolic OH excluding ortho intramolecular Hbond substituents is 2. The normalized spacial score (nSPS) is 12.0. The molecule has 0 saturated heterocycles. The summed E-state index contributed by atoms with van der Waals surface area (Å²) in [6, 6.07) is 11.5. The molecule has 5 nitrogen and oxygen atoms in total. The van der Waals surface area contributed by atoms with Gasteiger partial charge in [-0.15, -0.1) is 0 Å². The zero-order valence-corrected chi connectivity index (χ0v) is 13.6. The Kier molecular flexibility index (Phi) is 6.01. The van der Waals surface area contributed by atoms with Crippen molar-refractivity contribution in [2.45, 2.75) is 0 Å². The zero-order chi connectivity index (χ0) is 18.2. The molecule has 3 N–H and O–H groups in total. The first-order valence-electron chi connectivity index (χ1n) is 7.45. The molecule has 5 heteroatoms. The number of allylic oxidation sites excluding steroid dienone is 3. The Morgan fingerprint density at radius 3 is 2.48 bits per heavy atom. The van der Waals surface area contributed by atoms with E-state index >= 15 is 0 Å². The highest BCUT2D eigenvalue weighted by Gasteiger charge is 2.00. The van der Waals surface area contributed by atoms with E-state index in [-0.39, 0.29) is 23.0 Å². The lowest BCUT2D eigenvalue weighted by atomic mass is 10.1. The number of ketones is 1. The third-order valence-corrected chi connectivity index (χ3v) is 3.30. The summed E-state index contributed by atoms with van der Waals surface area (Å²) in [6.45, 7) is 0. The molecule has 2 rings (SSSR count). The third-order valence-electron chi connectivity index (χ3n) is 3.30. The van der Waals surface area contributed by atoms with Crippen LogP contribution in [0.15, 0.2) is 66.5 Å². The van der Waals surface area contributed by atoms with Crippen molar-refractivity contribution in [3.8, 4) is 17.2 Å². The van der Waals surface area contributed by atoms with Gasteiger partial charge in [-0.3, -0.25) is 4.79 Å². The number of hydrogen-bond donors (Lipinski definition) is 3. The highest BCUT2D eigenvalue weighted by Crippen LogP contribution is 2.25. The van der Waals surface area contributed by atoms with Crippen LogP contribution in [0.3, 0.4) is 0 Å². The molecule has 0 saturated carbocycles. The van der Waals surface area contributed by atoms with E-state index in [0.29, 0.717) is 11.3 Å². The number of carbonyl (C=O) groups is 1. The van der Waals surface area contributed by atoms with Crippen molar-refractivity contribution < 1.29 is 24.9 Å². The lowest BCUT2D eigenvalue weighted by molar-refractivity contribution is -0.110. The van der Waals surface area contributed by atoms with Crippen LogP contribution in [0, 0.1) is 0 Å². The molecule has 25 heavy (non-hydrogen) atoms. The minimum Gasteiger partial charge on any atom is -0.508 e. The second kappa shape index (κ2) is 8.40. The van der Waals surface area contributed by atoms with E-state index in [1.807, 2.05) is 18.2 Å². The van der Waals surface area contributed by atoms with Gasteiger partial charge in [-0.25, -0.2) is 0 Å². The Morgan fingerprint density at radius 2 is 1.76 bits per heavy atom. The van der Waals surface area contributed by atoms with Gasteiger partial charge in [0.2, 0.25) is 0 Å². The predicted molar refractivity (Wildman–Crippen MR) is 96.6 cm³/mol. The second-order valence-electron chi connectivity index (χ2n) is 5.13. The van der Waals surface area contributed by atoms with Crippen molar-refractivity contribution in [3.05, 3.63) is 77.6 Å². The maximum absolute atomic E-state index is 11.9. The summed E-state index contributed by atoms with van der Waals surface area (Å²) < 4.78 is 5.19. The molecule has 0 aliphatic carbocycles. The van der Waals surface area contributed by atoms with Gasteiger partial charge >= 0.3 is 0 Å². The number of methoxy groups -OCH3 is 1. The average molecular weight is 338 g/mol. The lowest BCUT2D eigenvalue weighted by Gasteiger charge is -2.02. The smallest absolute Gasteiger partial charge is 0.182 e. The van der Waals surface area contributed by atoms with E-state index in [0.717, 1.165) is 11.6 Å². The molecule has 0 spiro atoms. The van der Waals surface area contributed by atoms with Crippen molar-refractivity contribution >= 4 is 17.9 Å². The van der Waals surface area contributed by atoms with E-state index in [2.05, 4.69) is 0 Å². The summed E-state index contributed by atoms with van der Waals surface area (Å²) in [7, 11) is 1.55. The summed E-state index contributed by atoms with van der Waals surface area (Å²) in [5.74, 6) is -0.467. The first-order valence-corrected chi connectivity index (χ1v) is 7.45. The molecule has 0 aliphatic heterocycles. The van der Waals surface area contributed by atoms with Crippen molar-refractivity contribution in [1.82, 2.24) is 0 Å². The SMILES string of the molecule is COc1ccccc1/C=C/C(=O)C=C(O)/C=C/c1ccc(O)c(O)c1. The van der Waals surface area contributed by atoms with Gasteiger partial charge in [0, 0.05) is 11.6 Å². The lowest BCUT2D eigenvalue weighted by Crippen LogP contribution is -1.90. The molecule has 0 amide bonds. The van der Waals surface area contributed by atoms with Gasteiger partial charge in [-0.2, -0.15) is 0 Å². The van der Waals surface area contributed by atoms with Crippen LogP contribution in [0.5, 0.6) is 17.2 Å². The van der Waals surface area contributed by atoms with E-state index in [1.54, 1.807) is 25.3 Å². The highest BCUT2D eigenvalue weighted by atomic mass is 16.5. The molecule has 0 aromatic heterocycles. The molecule has 2 aromatic rings. The number of hydrogen-bond acceptors (Lipinski definition) is 5. The number of ether oxygens (including phenoxy) is 1. The number of aliphatic hydroxyl groups excluding tert-OH is 1. The van der Waals surface area contributed by atoms with E-state index in [9.17, 15) is 20.1 Å². The van der Waals surface area contributed by atoms with Gasteiger partial charge in [0.1, 0.15) is 11.5 Å². The van der Waals surface area contributed by atoms with Gasteiger partial charge in [0.25, 0.3) is 0 Å². The molecule has 2 aromatic carbocycles. The number of para-hydroxylation sites is 1. The quantitative estimate of drug-likeness (QED) is 0.322. The number of benzene rings is 2. The van der Waals surface area contributed by atoms with Gasteiger partial charge in [0.15, 0.2) is 17.3 Å². The second-order valence-corrected chi connectivity index (χ2v) is 5.13. The molecule has 0 fully saturated rings. The van der Waals surface area contributed by atoms with Crippen LogP contribution in [0.2, 0.25) is 0 Å². The molecule has 0 atom stereocenters. The van der Waals surface area contributed by atoms with E-state index in [1.165, 1.54) is 30.4 Å². The fraction of sp³-hybridized carbons (Fsp3) is 0.0500. The Labute approximate surface area is 145 Å². The number of carbonyl (C=O) groups excluding carboxylic acids is 1. The fourth-order valence-corrected chi connectivity index (χ4v) is 2.04. The molecular weight excluding hydrogens is 320 g/mol. The zero-order valence-electron chi connectivity index (χ0n) is 13.6. The molecule has 0 radical (unpaired) electrons. The van der Waals surface area contributed by atoms with Crippen LogP contribution in [0.25, 0.3) is 12.2 Å². The summed E-state index contributed by atoms with van der Waals surface area (Å²) in [5, 5.41) is 28.4. The van der Waals surface area contributed by atoms with Crippen LogP contribution in [-0.4, -0.2) is 28.2 Å². The Morgan fingerprint density at radius 1 is 1.00 bits per heavy atom. The number of rotatable bonds is 6. The third kappa shape index (κ3) is 5.28. The summed E-state index contributed by atoms with van der Waals surface area (Å²) in [6.07, 6.45) is 6.83. The number of aromatic hydroxyl groups is 2. The molecule has 0 aliphatic rings. The van der Waals surface area contributed by atoms with Gasteiger partial charge in [0.05, 0.1) is 7.11 Å². The molecule has 0 heterocycles. The maximum atomic E-state index is 11.9. The van der Waals surface area contributed by atoms with Crippen LogP contribution < -0.4 is 4.74 Å². The minimum atomic E-state index is -0.387. The Bertz CT molecular complexity index is 847. The standard InChI is InChI=1S/C20H18O5/c1-25-20-5-3-2-4-15(20)8-10-17(22)13-16(21)9-6-14-7-11-18(23)19(24)12-14/h2-13,21,23-24H,1H3/b9-6+,10-8+,16-13?. The first kappa shape index (κ1) is 17.9. The van der Waals surface area contributed by atoms with E-state index in [4.69, 9.17) is 4.74 Å². The van der Waals surface area contributed by atoms with Crippen molar-refractivity contribution in [1.29, 1.82) is 0 Å². The average Bonchev–Trinajstić information content (AvgIpc) is 2.61. The van der Waals surface area contributed by atoms with Crippen molar-refractivity contribution in [2.75, 3.05) is 7.11 Å². The first-order chi connectivity index (χ1) is 12.0. The Hall–Kier alpha value is -3.47.